The molecule has 0 aliphatic heterocycles. The summed E-state index contributed by atoms with van der Waals surface area (Å²) in [4.78, 5) is 5.54. The summed E-state index contributed by atoms with van der Waals surface area (Å²) in [5.41, 5.74) is 2.13. The van der Waals surface area contributed by atoms with Crippen LogP contribution in [-0.4, -0.2) is 17.4 Å². The van der Waals surface area contributed by atoms with Gasteiger partial charge < -0.3 is 8.83 Å². The maximum absolute atomic E-state index is 5.53. The fourth-order valence-electron chi connectivity index (χ4n) is 2.52. The molecule has 26 heavy (non-hydrogen) atoms. The molecule has 5 nitrogen and oxygen atoms in total. The second kappa shape index (κ2) is 7.84. The normalized spacial score (nSPS) is 12.2. The van der Waals surface area contributed by atoms with Crippen molar-refractivity contribution in [2.75, 3.05) is 6.54 Å². The number of hydrogen-bond donors (Lipinski definition) is 0. The van der Waals surface area contributed by atoms with Crippen molar-refractivity contribution in [3.8, 4) is 11.5 Å². The average Bonchev–Trinajstić information content (AvgIpc) is 3.42. The largest absolute Gasteiger partial charge is 0.463 e. The van der Waals surface area contributed by atoms with E-state index in [1.54, 1.807) is 23.4 Å². The van der Waals surface area contributed by atoms with Gasteiger partial charge in [0.1, 0.15) is 11.5 Å². The zero-order valence-corrected chi connectivity index (χ0v) is 14.8. The van der Waals surface area contributed by atoms with Crippen LogP contribution in [0.3, 0.4) is 0 Å². The van der Waals surface area contributed by atoms with Crippen LogP contribution in [0.15, 0.2) is 91.4 Å². The first-order valence-corrected chi connectivity index (χ1v) is 9.15. The molecule has 1 aromatic carbocycles. The molecule has 0 aliphatic carbocycles. The first-order valence-electron chi connectivity index (χ1n) is 8.27. The van der Waals surface area contributed by atoms with Crippen molar-refractivity contribution in [1.29, 1.82) is 0 Å². The molecule has 0 spiro atoms. The third-order valence-corrected chi connectivity index (χ3v) is 4.65. The summed E-state index contributed by atoms with van der Waals surface area (Å²) in [6.45, 7) is 0.693. The van der Waals surface area contributed by atoms with Crippen LogP contribution in [-0.2, 0) is 6.42 Å². The highest BCUT2D eigenvalue weighted by molar-refractivity contribution is 7.07. The fraction of sp³-hybridized carbons (Fsp3) is 0.100. The monoisotopic (exact) mass is 363 g/mol. The summed E-state index contributed by atoms with van der Waals surface area (Å²) >= 11 is 1.54. The van der Waals surface area contributed by atoms with Crippen LogP contribution in [0, 0.1) is 0 Å². The molecule has 3 aromatic heterocycles. The molecule has 0 unspecified atom stereocenters. The summed E-state index contributed by atoms with van der Waals surface area (Å²) in [6.07, 6.45) is 5.84. The standard InChI is InChI=1S/C20H17N3O2S/c1-2-6-16(7-3-1)10-11-21-20-23(22-14-17-8-4-12-24-17)18(15-26-20)19-9-5-13-25-19/h1-9,12-15H,10-11H2. The van der Waals surface area contributed by atoms with E-state index in [1.165, 1.54) is 16.9 Å². The second-order valence-electron chi connectivity index (χ2n) is 5.57. The van der Waals surface area contributed by atoms with Crippen molar-refractivity contribution in [2.45, 2.75) is 6.42 Å². The van der Waals surface area contributed by atoms with E-state index in [0.717, 1.165) is 22.7 Å². The van der Waals surface area contributed by atoms with Gasteiger partial charge in [0, 0.05) is 11.9 Å². The molecule has 0 N–H and O–H groups in total. The van der Waals surface area contributed by atoms with Crippen molar-refractivity contribution in [3.05, 3.63) is 88.6 Å². The Hall–Kier alpha value is -3.12. The summed E-state index contributed by atoms with van der Waals surface area (Å²) < 4.78 is 12.6. The van der Waals surface area contributed by atoms with E-state index >= 15 is 0 Å². The van der Waals surface area contributed by atoms with Gasteiger partial charge in [-0.05, 0) is 36.2 Å². The lowest BCUT2D eigenvalue weighted by molar-refractivity contribution is 0.558. The quantitative estimate of drug-likeness (QED) is 0.476. The van der Waals surface area contributed by atoms with E-state index in [4.69, 9.17) is 13.8 Å². The molecule has 130 valence electrons. The molecule has 0 aliphatic rings. The molecule has 0 bridgehead atoms. The zero-order valence-electron chi connectivity index (χ0n) is 14.0. The predicted octanol–water partition coefficient (Wildman–Crippen LogP) is 4.43. The number of rotatable bonds is 6. The Labute approximate surface area is 154 Å². The van der Waals surface area contributed by atoms with Crippen LogP contribution in [0.2, 0.25) is 0 Å². The molecule has 0 saturated carbocycles. The Morgan fingerprint density at radius 1 is 0.962 bits per heavy atom. The van der Waals surface area contributed by atoms with E-state index in [-0.39, 0.29) is 0 Å². The second-order valence-corrected chi connectivity index (χ2v) is 6.41. The molecular formula is C20H17N3O2S. The Balaban J connectivity index is 1.64. The lowest BCUT2D eigenvalue weighted by Gasteiger charge is -2.00. The van der Waals surface area contributed by atoms with Crippen LogP contribution in [0.4, 0.5) is 0 Å². The summed E-state index contributed by atoms with van der Waals surface area (Å²) in [7, 11) is 0. The first-order chi connectivity index (χ1) is 12.9. The lowest BCUT2D eigenvalue weighted by atomic mass is 10.2. The molecule has 4 rings (SSSR count). The Bertz CT molecular complexity index is 1030. The maximum atomic E-state index is 5.53. The van der Waals surface area contributed by atoms with Crippen molar-refractivity contribution in [3.63, 3.8) is 0 Å². The van der Waals surface area contributed by atoms with Crippen LogP contribution < -0.4 is 4.80 Å². The number of furan rings is 2. The molecule has 0 amide bonds. The molecule has 4 aromatic rings. The van der Waals surface area contributed by atoms with Gasteiger partial charge in [-0.15, -0.1) is 11.3 Å². The van der Waals surface area contributed by atoms with Gasteiger partial charge in [0.15, 0.2) is 5.76 Å². The molecule has 3 heterocycles. The van der Waals surface area contributed by atoms with Gasteiger partial charge in [-0.1, -0.05) is 30.3 Å². The zero-order chi connectivity index (χ0) is 17.6. The maximum Gasteiger partial charge on any atom is 0.206 e. The molecule has 0 fully saturated rings. The van der Waals surface area contributed by atoms with Crippen molar-refractivity contribution < 1.29 is 8.83 Å². The van der Waals surface area contributed by atoms with Crippen LogP contribution in [0.25, 0.3) is 11.5 Å². The van der Waals surface area contributed by atoms with Crippen LogP contribution in [0.5, 0.6) is 0 Å². The van der Waals surface area contributed by atoms with Gasteiger partial charge in [-0.25, -0.2) is 4.68 Å². The Morgan fingerprint density at radius 2 is 1.81 bits per heavy atom. The highest BCUT2D eigenvalue weighted by atomic mass is 32.1. The average molecular weight is 363 g/mol. The minimum absolute atomic E-state index is 0.685. The highest BCUT2D eigenvalue weighted by Crippen LogP contribution is 2.20. The van der Waals surface area contributed by atoms with Gasteiger partial charge in [0.05, 0.1) is 18.7 Å². The third-order valence-electron chi connectivity index (χ3n) is 3.79. The summed E-state index contributed by atoms with van der Waals surface area (Å²) in [6, 6.07) is 17.8. The number of thiazole rings is 1. The number of benzene rings is 1. The Morgan fingerprint density at radius 3 is 2.58 bits per heavy atom. The van der Waals surface area contributed by atoms with E-state index < -0.39 is 0 Å². The van der Waals surface area contributed by atoms with Gasteiger partial charge in [0.25, 0.3) is 0 Å². The SMILES string of the molecule is C(=Nn1c(-c2ccco2)csc1=NCCc1ccccc1)c1ccco1. The number of hydrogen-bond acceptors (Lipinski definition) is 5. The molecule has 0 saturated heterocycles. The van der Waals surface area contributed by atoms with Crippen LogP contribution in [0.1, 0.15) is 11.3 Å². The smallest absolute Gasteiger partial charge is 0.206 e. The topological polar surface area (TPSA) is 55.9 Å². The highest BCUT2D eigenvalue weighted by Gasteiger charge is 2.09. The fourth-order valence-corrected chi connectivity index (χ4v) is 3.36. The Kier molecular flexibility index (Phi) is 4.93. The molecule has 0 radical (unpaired) electrons. The number of aromatic nitrogens is 1. The van der Waals surface area contributed by atoms with Crippen molar-refractivity contribution >= 4 is 17.6 Å². The minimum atomic E-state index is 0.685. The predicted molar refractivity (Wildman–Crippen MR) is 102 cm³/mol. The molecule has 6 heteroatoms. The summed E-state index contributed by atoms with van der Waals surface area (Å²) in [5, 5.41) is 6.54. The van der Waals surface area contributed by atoms with E-state index in [9.17, 15) is 0 Å². The molecule has 0 atom stereocenters. The lowest BCUT2D eigenvalue weighted by Crippen LogP contribution is -2.13. The van der Waals surface area contributed by atoms with E-state index in [0.29, 0.717) is 12.3 Å². The van der Waals surface area contributed by atoms with Gasteiger partial charge >= 0.3 is 0 Å². The molecular weight excluding hydrogens is 346 g/mol. The minimum Gasteiger partial charge on any atom is -0.463 e. The van der Waals surface area contributed by atoms with Crippen LogP contribution >= 0.6 is 11.3 Å². The third kappa shape index (κ3) is 3.75. The van der Waals surface area contributed by atoms with E-state index in [1.807, 2.05) is 47.8 Å². The first kappa shape index (κ1) is 16.4. The van der Waals surface area contributed by atoms with E-state index in [2.05, 4.69) is 17.2 Å². The van der Waals surface area contributed by atoms with Gasteiger partial charge in [0.2, 0.25) is 4.80 Å². The van der Waals surface area contributed by atoms with Gasteiger partial charge in [-0.2, -0.15) is 5.10 Å². The van der Waals surface area contributed by atoms with Crippen molar-refractivity contribution in [2.24, 2.45) is 10.1 Å². The summed E-state index contributed by atoms with van der Waals surface area (Å²) in [5.74, 6) is 1.44. The number of nitrogens with zero attached hydrogens (tertiary/aromatic N) is 3. The van der Waals surface area contributed by atoms with Crippen molar-refractivity contribution in [1.82, 2.24) is 4.68 Å². The van der Waals surface area contributed by atoms with Gasteiger partial charge in [-0.3, -0.25) is 4.99 Å².